The fraction of sp³-hybridized carbons (Fsp3) is 0.435. The zero-order valence-corrected chi connectivity index (χ0v) is 15.9. The van der Waals surface area contributed by atoms with E-state index in [9.17, 15) is 4.79 Å². The molecule has 0 aromatic heterocycles. The van der Waals surface area contributed by atoms with Crippen LogP contribution in [0.25, 0.3) is 0 Å². The highest BCUT2D eigenvalue weighted by molar-refractivity contribution is 5.69. The van der Waals surface area contributed by atoms with E-state index in [1.54, 1.807) is 0 Å². The molecule has 26 heavy (non-hydrogen) atoms. The highest BCUT2D eigenvalue weighted by Crippen LogP contribution is 2.40. The van der Waals surface area contributed by atoms with Gasteiger partial charge in [-0.15, -0.1) is 0 Å². The van der Waals surface area contributed by atoms with E-state index in [0.29, 0.717) is 5.75 Å². The number of carbonyl (C=O) groups is 1. The molecule has 0 spiro atoms. The smallest absolute Gasteiger partial charge is 0.308 e. The molecule has 0 bridgehead atoms. The average Bonchev–Trinajstić information content (AvgIpc) is 3.05. The van der Waals surface area contributed by atoms with E-state index in [1.807, 2.05) is 12.1 Å². The summed E-state index contributed by atoms with van der Waals surface area (Å²) in [4.78, 5) is 13.9. The molecule has 1 aliphatic rings. The van der Waals surface area contributed by atoms with Gasteiger partial charge in [-0.3, -0.25) is 4.79 Å². The number of ether oxygens (including phenoxy) is 1. The molecule has 3 rings (SSSR count). The quantitative estimate of drug-likeness (QED) is 0.539. The van der Waals surface area contributed by atoms with Gasteiger partial charge in [0, 0.05) is 25.4 Å². The third-order valence-corrected chi connectivity index (χ3v) is 5.43. The summed E-state index contributed by atoms with van der Waals surface area (Å²) in [6, 6.07) is 18.9. The van der Waals surface area contributed by atoms with Crippen LogP contribution in [0.5, 0.6) is 5.75 Å². The van der Waals surface area contributed by atoms with Gasteiger partial charge in [-0.2, -0.15) is 0 Å². The standard InChI is InChI=1S/C23H29NO2/c1-3-13-23(21-10-7-11-22(17-21)26-19(2)25)14-16-24(18-23)15-12-20-8-5-4-6-9-20/h4-11,17H,3,12-16,18H2,1-2H3. The van der Waals surface area contributed by atoms with Gasteiger partial charge in [-0.25, -0.2) is 0 Å². The van der Waals surface area contributed by atoms with Gasteiger partial charge < -0.3 is 9.64 Å². The molecule has 0 radical (unpaired) electrons. The third-order valence-electron chi connectivity index (χ3n) is 5.43. The Morgan fingerprint density at radius 3 is 2.69 bits per heavy atom. The first-order valence-electron chi connectivity index (χ1n) is 9.66. The van der Waals surface area contributed by atoms with Crippen molar-refractivity contribution in [2.75, 3.05) is 19.6 Å². The number of carbonyl (C=O) groups excluding carboxylic acids is 1. The Balaban J connectivity index is 1.71. The van der Waals surface area contributed by atoms with Crippen molar-refractivity contribution in [2.45, 2.75) is 44.9 Å². The first kappa shape index (κ1) is 18.7. The zero-order valence-electron chi connectivity index (χ0n) is 15.9. The van der Waals surface area contributed by atoms with Gasteiger partial charge in [-0.05, 0) is 49.1 Å². The summed E-state index contributed by atoms with van der Waals surface area (Å²) in [5.41, 5.74) is 2.87. The first-order chi connectivity index (χ1) is 12.6. The van der Waals surface area contributed by atoms with Crippen molar-refractivity contribution in [3.8, 4) is 5.75 Å². The molecular formula is C23H29NO2. The molecule has 2 aromatic carbocycles. The summed E-state index contributed by atoms with van der Waals surface area (Å²) in [6.45, 7) is 7.01. The normalized spacial score (nSPS) is 20.2. The Hall–Kier alpha value is -2.13. The van der Waals surface area contributed by atoms with Crippen molar-refractivity contribution < 1.29 is 9.53 Å². The number of nitrogens with zero attached hydrogens (tertiary/aromatic N) is 1. The van der Waals surface area contributed by atoms with Crippen molar-refractivity contribution in [1.29, 1.82) is 0 Å². The molecule has 0 amide bonds. The zero-order chi connectivity index (χ0) is 18.4. The molecule has 1 aliphatic heterocycles. The van der Waals surface area contributed by atoms with Crippen LogP contribution in [-0.4, -0.2) is 30.5 Å². The van der Waals surface area contributed by atoms with Crippen molar-refractivity contribution in [3.63, 3.8) is 0 Å². The molecule has 3 nitrogen and oxygen atoms in total. The Kier molecular flexibility index (Phi) is 6.10. The Morgan fingerprint density at radius 1 is 1.15 bits per heavy atom. The topological polar surface area (TPSA) is 29.5 Å². The average molecular weight is 351 g/mol. The minimum absolute atomic E-state index is 0.168. The van der Waals surface area contributed by atoms with Crippen LogP contribution in [0, 0.1) is 0 Å². The minimum Gasteiger partial charge on any atom is -0.427 e. The largest absolute Gasteiger partial charge is 0.427 e. The molecule has 2 aromatic rings. The van der Waals surface area contributed by atoms with Crippen LogP contribution in [0.1, 0.15) is 44.2 Å². The molecule has 1 saturated heterocycles. The molecule has 3 heteroatoms. The number of rotatable bonds is 7. The van der Waals surface area contributed by atoms with Gasteiger partial charge in [-0.1, -0.05) is 55.8 Å². The van der Waals surface area contributed by atoms with Gasteiger partial charge in [0.1, 0.15) is 5.75 Å². The minimum atomic E-state index is -0.261. The fourth-order valence-corrected chi connectivity index (χ4v) is 4.20. The van der Waals surface area contributed by atoms with Crippen LogP contribution in [-0.2, 0) is 16.6 Å². The Morgan fingerprint density at radius 2 is 1.96 bits per heavy atom. The van der Waals surface area contributed by atoms with E-state index < -0.39 is 0 Å². The van der Waals surface area contributed by atoms with E-state index in [4.69, 9.17) is 4.74 Å². The molecule has 138 valence electrons. The second kappa shape index (κ2) is 8.50. The van der Waals surface area contributed by atoms with E-state index in [2.05, 4.69) is 54.3 Å². The summed E-state index contributed by atoms with van der Waals surface area (Å²) in [5.74, 6) is 0.399. The monoisotopic (exact) mass is 351 g/mol. The summed E-state index contributed by atoms with van der Waals surface area (Å²) in [6.07, 6.45) is 4.58. The molecule has 0 aliphatic carbocycles. The number of benzene rings is 2. The van der Waals surface area contributed by atoms with Crippen LogP contribution in [0.15, 0.2) is 54.6 Å². The highest BCUT2D eigenvalue weighted by Gasteiger charge is 2.38. The fourth-order valence-electron chi connectivity index (χ4n) is 4.20. The van der Waals surface area contributed by atoms with E-state index in [1.165, 1.54) is 30.9 Å². The first-order valence-corrected chi connectivity index (χ1v) is 9.66. The maximum atomic E-state index is 11.3. The van der Waals surface area contributed by atoms with Gasteiger partial charge in [0.2, 0.25) is 0 Å². The maximum absolute atomic E-state index is 11.3. The lowest BCUT2D eigenvalue weighted by Crippen LogP contribution is -2.32. The van der Waals surface area contributed by atoms with Crippen LogP contribution >= 0.6 is 0 Å². The second-order valence-corrected chi connectivity index (χ2v) is 7.41. The molecule has 0 N–H and O–H groups in total. The molecular weight excluding hydrogens is 322 g/mol. The second-order valence-electron chi connectivity index (χ2n) is 7.41. The number of likely N-dealkylation sites (tertiary alicyclic amines) is 1. The SMILES string of the molecule is CCCC1(c2cccc(OC(C)=O)c2)CCN(CCc2ccccc2)C1. The maximum Gasteiger partial charge on any atom is 0.308 e. The number of esters is 1. The van der Waals surface area contributed by atoms with E-state index in [0.717, 1.165) is 32.5 Å². The highest BCUT2D eigenvalue weighted by atomic mass is 16.5. The lowest BCUT2D eigenvalue weighted by molar-refractivity contribution is -0.131. The van der Waals surface area contributed by atoms with Crippen LogP contribution in [0.4, 0.5) is 0 Å². The molecule has 1 fully saturated rings. The van der Waals surface area contributed by atoms with Crippen molar-refractivity contribution in [2.24, 2.45) is 0 Å². The van der Waals surface area contributed by atoms with Crippen LogP contribution < -0.4 is 4.74 Å². The van der Waals surface area contributed by atoms with Gasteiger partial charge in [0.05, 0.1) is 0 Å². The van der Waals surface area contributed by atoms with Crippen molar-refractivity contribution in [3.05, 3.63) is 65.7 Å². The summed E-state index contributed by atoms with van der Waals surface area (Å²) in [5, 5.41) is 0. The summed E-state index contributed by atoms with van der Waals surface area (Å²) >= 11 is 0. The van der Waals surface area contributed by atoms with Crippen LogP contribution in [0.3, 0.4) is 0 Å². The summed E-state index contributed by atoms with van der Waals surface area (Å²) < 4.78 is 5.32. The van der Waals surface area contributed by atoms with E-state index in [-0.39, 0.29) is 11.4 Å². The van der Waals surface area contributed by atoms with Crippen molar-refractivity contribution in [1.82, 2.24) is 4.90 Å². The molecule has 1 unspecified atom stereocenters. The molecule has 1 atom stereocenters. The predicted molar refractivity (Wildman–Crippen MR) is 106 cm³/mol. The predicted octanol–water partition coefficient (Wildman–Crippen LogP) is 4.60. The van der Waals surface area contributed by atoms with Gasteiger partial charge in [0.25, 0.3) is 0 Å². The lowest BCUT2D eigenvalue weighted by Gasteiger charge is -2.30. The van der Waals surface area contributed by atoms with Crippen molar-refractivity contribution >= 4 is 5.97 Å². The van der Waals surface area contributed by atoms with Crippen LogP contribution in [0.2, 0.25) is 0 Å². The molecule has 0 saturated carbocycles. The Labute approximate surface area is 157 Å². The summed E-state index contributed by atoms with van der Waals surface area (Å²) in [7, 11) is 0. The van der Waals surface area contributed by atoms with Gasteiger partial charge >= 0.3 is 5.97 Å². The number of hydrogen-bond donors (Lipinski definition) is 0. The molecule has 1 heterocycles. The van der Waals surface area contributed by atoms with E-state index >= 15 is 0 Å². The van der Waals surface area contributed by atoms with Gasteiger partial charge in [0.15, 0.2) is 0 Å². The lowest BCUT2D eigenvalue weighted by atomic mass is 9.76. The number of hydrogen-bond acceptors (Lipinski definition) is 3. The third kappa shape index (κ3) is 4.53. The Bertz CT molecular complexity index is 728.